The molecule has 6 aromatic rings. The summed E-state index contributed by atoms with van der Waals surface area (Å²) in [6, 6.07) is 15.7. The molecule has 83 heavy (non-hydrogen) atoms. The zero-order valence-corrected chi connectivity index (χ0v) is 49.9. The van der Waals surface area contributed by atoms with Crippen LogP contribution in [0.5, 0.6) is 11.8 Å². The molecule has 1 aliphatic carbocycles. The van der Waals surface area contributed by atoms with Gasteiger partial charge in [-0.3, -0.25) is 29.2 Å². The Hall–Kier alpha value is -7.00. The summed E-state index contributed by atoms with van der Waals surface area (Å²) >= 11 is 1.58. The molecule has 0 saturated carbocycles. The maximum Gasteiger partial charge on any atom is 0.410 e. The van der Waals surface area contributed by atoms with Crippen molar-refractivity contribution in [3.63, 3.8) is 0 Å². The Balaban J connectivity index is 0.698. The maximum absolute atomic E-state index is 14.3. The molecular weight excluding hydrogens is 1070 g/mol. The SMILES string of the molecule is Cc1ncsc1-c1ccc([C@H](C)NC(=O)[C@@H]2C[C@@H](O)CN2C(=O)[C@@H](NC(=O)COCC2CCN(CCOc3nc(N4CC5CCC(C4)N5C(=O)OC(C)(C)C)c4cnc5c(c4n3)C(C)c3cccc4cc(O)cc-5c34)CC2)C(C)(C)C)cc1. The number of aliphatic hydroxyl groups is 1. The number of ether oxygens (including phenoxy) is 3. The summed E-state index contributed by atoms with van der Waals surface area (Å²) in [6.07, 6.45) is 4.22. The van der Waals surface area contributed by atoms with Gasteiger partial charge in [0.05, 0.1) is 63.5 Å². The molecular formula is C63H78N10O9S. The normalized spacial score (nSPS) is 21.7. The first kappa shape index (κ1) is 57.8. The van der Waals surface area contributed by atoms with E-state index in [1.54, 1.807) is 23.5 Å². The number of hydrogen-bond donors (Lipinski definition) is 4. The molecule has 3 aromatic heterocycles. The lowest BCUT2D eigenvalue weighted by atomic mass is 9.79. The number of nitrogens with one attached hydrogen (secondary N) is 2. The largest absolute Gasteiger partial charge is 0.508 e. The van der Waals surface area contributed by atoms with Crippen LogP contribution in [-0.2, 0) is 23.9 Å². The number of aliphatic hydroxyl groups excluding tert-OH is 1. The highest BCUT2D eigenvalue weighted by Gasteiger charge is 2.47. The van der Waals surface area contributed by atoms with Crippen molar-refractivity contribution in [2.24, 2.45) is 11.3 Å². The highest BCUT2D eigenvalue weighted by molar-refractivity contribution is 7.13. The molecule has 4 N–H and O–H groups in total. The van der Waals surface area contributed by atoms with Crippen LogP contribution in [0.3, 0.4) is 0 Å². The summed E-state index contributed by atoms with van der Waals surface area (Å²) < 4.78 is 18.4. The van der Waals surface area contributed by atoms with Gasteiger partial charge in [-0.05, 0) is 124 Å². The van der Waals surface area contributed by atoms with Crippen molar-refractivity contribution in [1.29, 1.82) is 0 Å². The van der Waals surface area contributed by atoms with Crippen LogP contribution in [0.25, 0.3) is 43.4 Å². The average molecular weight is 1150 g/mol. The molecule has 3 unspecified atom stereocenters. The van der Waals surface area contributed by atoms with Gasteiger partial charge in [-0.25, -0.2) is 9.78 Å². The van der Waals surface area contributed by atoms with Crippen molar-refractivity contribution in [2.75, 3.05) is 64.0 Å². The molecule has 4 saturated heterocycles. The van der Waals surface area contributed by atoms with Crippen molar-refractivity contribution in [2.45, 2.75) is 142 Å². The van der Waals surface area contributed by atoms with Crippen LogP contribution in [0, 0.1) is 18.3 Å². The number of amides is 4. The minimum Gasteiger partial charge on any atom is -0.508 e. The quantitative estimate of drug-likeness (QED) is 0.0756. The number of aromatic hydroxyl groups is 1. The second-order valence-corrected chi connectivity index (χ2v) is 26.3. The molecule has 3 aromatic carbocycles. The summed E-state index contributed by atoms with van der Waals surface area (Å²) in [7, 11) is 0. The van der Waals surface area contributed by atoms with Gasteiger partial charge in [-0.15, -0.1) is 11.3 Å². The number of benzene rings is 3. The molecule has 0 radical (unpaired) electrons. The van der Waals surface area contributed by atoms with E-state index in [-0.39, 0.29) is 73.3 Å². The van der Waals surface area contributed by atoms with Crippen molar-refractivity contribution in [3.05, 3.63) is 88.7 Å². The van der Waals surface area contributed by atoms with Gasteiger partial charge in [-0.2, -0.15) is 9.97 Å². The third-order valence-electron chi connectivity index (χ3n) is 17.3. The number of fused-ring (bicyclic) bond motifs is 6. The van der Waals surface area contributed by atoms with Crippen LogP contribution in [0.15, 0.2) is 66.3 Å². The summed E-state index contributed by atoms with van der Waals surface area (Å²) in [5.74, 6) is -0.181. The molecule has 11 rings (SSSR count). The molecule has 4 fully saturated rings. The second-order valence-electron chi connectivity index (χ2n) is 25.5. The molecule has 0 spiro atoms. The van der Waals surface area contributed by atoms with Gasteiger partial charge in [0.15, 0.2) is 0 Å². The van der Waals surface area contributed by atoms with Gasteiger partial charge < -0.3 is 44.9 Å². The number of carbonyl (C=O) groups excluding carboxylic acids is 4. The minimum atomic E-state index is -0.970. The van der Waals surface area contributed by atoms with Crippen LogP contribution in [0.1, 0.15) is 122 Å². The van der Waals surface area contributed by atoms with Gasteiger partial charge in [0.1, 0.15) is 42.5 Å². The van der Waals surface area contributed by atoms with E-state index < -0.39 is 41.0 Å². The first-order valence-corrected chi connectivity index (χ1v) is 30.2. The Bertz CT molecular complexity index is 3410. The molecule has 7 atom stereocenters. The lowest BCUT2D eigenvalue weighted by molar-refractivity contribution is -0.144. The lowest BCUT2D eigenvalue weighted by Gasteiger charge is -2.42. The van der Waals surface area contributed by atoms with E-state index >= 15 is 0 Å². The third kappa shape index (κ3) is 12.1. The topological polar surface area (TPSA) is 225 Å². The highest BCUT2D eigenvalue weighted by atomic mass is 32.1. The number of carbonyl (C=O) groups is 4. The summed E-state index contributed by atoms with van der Waals surface area (Å²) in [4.78, 5) is 83.9. The van der Waals surface area contributed by atoms with E-state index in [2.05, 4.69) is 38.4 Å². The van der Waals surface area contributed by atoms with E-state index in [0.29, 0.717) is 32.8 Å². The monoisotopic (exact) mass is 1150 g/mol. The Morgan fingerprint density at radius 1 is 0.904 bits per heavy atom. The average Bonchev–Trinajstić information content (AvgIpc) is 2.97. The number of piperidine rings is 1. The number of hydrogen-bond acceptors (Lipinski definition) is 16. The summed E-state index contributed by atoms with van der Waals surface area (Å²) in [5.41, 5.74) is 7.88. The zero-order chi connectivity index (χ0) is 58.6. The molecule has 7 heterocycles. The molecule has 19 nitrogen and oxygen atoms in total. The molecule has 5 aliphatic rings. The maximum atomic E-state index is 14.3. The Morgan fingerprint density at radius 3 is 2.33 bits per heavy atom. The number of nitrogens with zero attached hydrogens (tertiary/aromatic N) is 8. The van der Waals surface area contributed by atoms with E-state index in [0.717, 1.165) is 110 Å². The fourth-order valence-corrected chi connectivity index (χ4v) is 13.8. The van der Waals surface area contributed by atoms with Crippen molar-refractivity contribution in [3.8, 4) is 33.5 Å². The second kappa shape index (κ2) is 23.2. The van der Waals surface area contributed by atoms with Gasteiger partial charge >= 0.3 is 12.1 Å². The Kier molecular flexibility index (Phi) is 16.2. The van der Waals surface area contributed by atoms with Gasteiger partial charge in [0, 0.05) is 55.8 Å². The molecule has 20 heteroatoms. The van der Waals surface area contributed by atoms with Crippen molar-refractivity contribution in [1.82, 2.24) is 45.3 Å². The van der Waals surface area contributed by atoms with E-state index in [1.165, 1.54) is 4.90 Å². The fraction of sp³-hybridized carbons (Fsp3) is 0.524. The molecule has 440 valence electrons. The van der Waals surface area contributed by atoms with Crippen molar-refractivity contribution >= 4 is 62.6 Å². The smallest absolute Gasteiger partial charge is 0.410 e. The minimum absolute atomic E-state index is 0.0197. The van der Waals surface area contributed by atoms with Crippen LogP contribution in [-0.4, -0.2) is 164 Å². The highest BCUT2D eigenvalue weighted by Crippen LogP contribution is 2.49. The van der Waals surface area contributed by atoms with Crippen LogP contribution >= 0.6 is 11.3 Å². The number of anilines is 1. The number of thiazole rings is 1. The van der Waals surface area contributed by atoms with Gasteiger partial charge in [0.2, 0.25) is 17.7 Å². The van der Waals surface area contributed by atoms with E-state index in [9.17, 15) is 29.4 Å². The summed E-state index contributed by atoms with van der Waals surface area (Å²) in [5, 5.41) is 30.5. The number of aromatic nitrogens is 4. The Morgan fingerprint density at radius 2 is 1.64 bits per heavy atom. The van der Waals surface area contributed by atoms with E-state index in [1.807, 2.05) is 108 Å². The predicted molar refractivity (Wildman–Crippen MR) is 318 cm³/mol. The number of likely N-dealkylation sites (tertiary alicyclic amines) is 2. The fourth-order valence-electron chi connectivity index (χ4n) is 13.0. The van der Waals surface area contributed by atoms with Crippen LogP contribution in [0.4, 0.5) is 10.6 Å². The third-order valence-corrected chi connectivity index (χ3v) is 18.2. The number of β-amino-alcohol motifs (C(OH)–C–C–N with tert-alkyl or cyclic N) is 1. The number of aryl methyl sites for hydroxylation is 1. The predicted octanol–water partition coefficient (Wildman–Crippen LogP) is 8.51. The first-order chi connectivity index (χ1) is 39.6. The first-order valence-electron chi connectivity index (χ1n) is 29.3. The number of phenolic OH excluding ortho intramolecular Hbond substituents is 1. The summed E-state index contributed by atoms with van der Waals surface area (Å²) in [6.45, 7) is 21.2. The standard InChI is InChI=1S/C63H78N10O9S/c1-35-46-12-10-11-41-25-44(74)26-47(52(41)46)53-51(35)54-48(28-64-53)57(71-29-42-17-18-43(30-71)73(42)61(79)82-63(7,8)9)69-60(68-54)81-24-23-70-21-19-38(20-22-70)32-80-33-50(76)67-56(62(4,5)6)59(78)72-31-45(75)27-49(72)58(77)66-36(2)39-13-15-40(16-14-39)55-37(3)65-34-83-55/h10-16,25-26,28,34-36,38,42-43,45,49,56,74-75H,17-24,27,29-33H2,1-9H3,(H,66,77)(H,67,76)/t35?,36-,42?,43?,45+,49-,56+/m0/s1. The molecule has 2 bridgehead atoms. The molecule has 4 aliphatic heterocycles. The molecule has 4 amide bonds. The van der Waals surface area contributed by atoms with Gasteiger partial charge in [-0.1, -0.05) is 70.2 Å². The van der Waals surface area contributed by atoms with Crippen molar-refractivity contribution < 1.29 is 43.6 Å². The number of phenols is 1. The number of pyridine rings is 1. The van der Waals surface area contributed by atoms with E-state index in [4.69, 9.17) is 29.2 Å². The van der Waals surface area contributed by atoms with Crippen LogP contribution in [0.2, 0.25) is 0 Å². The van der Waals surface area contributed by atoms with Crippen LogP contribution < -0.4 is 20.3 Å². The zero-order valence-electron chi connectivity index (χ0n) is 49.1. The Labute approximate surface area is 489 Å². The number of rotatable bonds is 15. The number of piperazine rings is 1. The lowest BCUT2D eigenvalue weighted by Crippen LogP contribution is -2.58. The van der Waals surface area contributed by atoms with Gasteiger partial charge in [0.25, 0.3) is 0 Å².